The van der Waals surface area contributed by atoms with Crippen molar-refractivity contribution in [3.8, 4) is 6.07 Å². The van der Waals surface area contributed by atoms with Crippen molar-refractivity contribution < 1.29 is 18.3 Å². The van der Waals surface area contributed by atoms with Crippen LogP contribution in [0.5, 0.6) is 0 Å². The molecule has 0 spiro atoms. The maximum absolute atomic E-state index is 12.1. The van der Waals surface area contributed by atoms with Crippen LogP contribution in [0.4, 0.5) is 0 Å². The fourth-order valence-electron chi connectivity index (χ4n) is 2.17. The highest BCUT2D eigenvalue weighted by atomic mass is 32.2. The average molecular weight is 294 g/mol. The molecule has 0 radical (unpaired) electrons. The molecule has 0 bridgehead atoms. The Kier molecular flexibility index (Phi) is 3.79. The molecule has 1 aliphatic rings. The largest absolute Gasteiger partial charge is 0.480 e. The number of aliphatic carboxylic acids is 1. The number of carboxylic acids is 1. The van der Waals surface area contributed by atoms with Crippen LogP contribution in [0.25, 0.3) is 0 Å². The standard InChI is InChI=1S/C13H14N2O4S/c14-8-10-3-1-4-11(7-10)9-20(18,19)15-13(12(16)17)5-2-6-13/h1,3-4,7,15H,2,5-6,9H2,(H,16,17). The topological polar surface area (TPSA) is 107 Å². The minimum absolute atomic E-state index is 0.305. The van der Waals surface area contributed by atoms with Crippen LogP contribution in [-0.4, -0.2) is 25.0 Å². The Balaban J connectivity index is 2.15. The number of benzene rings is 1. The number of rotatable bonds is 5. The van der Waals surface area contributed by atoms with Gasteiger partial charge in [0.1, 0.15) is 5.54 Å². The summed E-state index contributed by atoms with van der Waals surface area (Å²) in [5.41, 5.74) is -0.531. The maximum Gasteiger partial charge on any atom is 0.324 e. The van der Waals surface area contributed by atoms with Gasteiger partial charge in [0.2, 0.25) is 10.0 Å². The molecule has 1 fully saturated rings. The summed E-state index contributed by atoms with van der Waals surface area (Å²) in [4.78, 5) is 11.2. The first kappa shape index (κ1) is 14.5. The summed E-state index contributed by atoms with van der Waals surface area (Å²) in [6.45, 7) is 0. The number of sulfonamides is 1. The van der Waals surface area contributed by atoms with E-state index in [1.165, 1.54) is 6.07 Å². The highest BCUT2D eigenvalue weighted by Gasteiger charge is 2.47. The van der Waals surface area contributed by atoms with Gasteiger partial charge in [-0.05, 0) is 37.0 Å². The molecular formula is C13H14N2O4S. The number of hydrogen-bond acceptors (Lipinski definition) is 4. The molecule has 6 nitrogen and oxygen atoms in total. The van der Waals surface area contributed by atoms with E-state index in [2.05, 4.69) is 4.72 Å². The zero-order valence-corrected chi connectivity index (χ0v) is 11.5. The lowest BCUT2D eigenvalue weighted by atomic mass is 9.78. The van der Waals surface area contributed by atoms with Crippen LogP contribution < -0.4 is 4.72 Å². The lowest BCUT2D eigenvalue weighted by molar-refractivity contribution is -0.147. The Labute approximate surface area is 117 Å². The molecule has 0 heterocycles. The molecule has 106 valence electrons. The van der Waals surface area contributed by atoms with Crippen molar-refractivity contribution in [3.63, 3.8) is 0 Å². The smallest absolute Gasteiger partial charge is 0.324 e. The first-order chi connectivity index (χ1) is 9.37. The molecule has 0 atom stereocenters. The molecule has 0 saturated heterocycles. The lowest BCUT2D eigenvalue weighted by Crippen LogP contribution is -2.59. The summed E-state index contributed by atoms with van der Waals surface area (Å²) in [7, 11) is -3.76. The number of hydrogen-bond donors (Lipinski definition) is 2. The Morgan fingerprint density at radius 1 is 1.45 bits per heavy atom. The molecule has 0 aromatic heterocycles. The molecule has 2 N–H and O–H groups in total. The Morgan fingerprint density at radius 2 is 2.15 bits per heavy atom. The lowest BCUT2D eigenvalue weighted by Gasteiger charge is -2.37. The average Bonchev–Trinajstić information content (AvgIpc) is 2.33. The van der Waals surface area contributed by atoms with E-state index in [1.807, 2.05) is 6.07 Å². The first-order valence-corrected chi connectivity index (χ1v) is 7.76. The van der Waals surface area contributed by atoms with Crippen molar-refractivity contribution in [2.24, 2.45) is 0 Å². The Hall–Kier alpha value is -1.91. The van der Waals surface area contributed by atoms with Gasteiger partial charge in [-0.3, -0.25) is 4.79 Å². The maximum atomic E-state index is 12.1. The zero-order chi connectivity index (χ0) is 14.8. The third-order valence-corrected chi connectivity index (χ3v) is 4.80. The quantitative estimate of drug-likeness (QED) is 0.842. The molecule has 7 heteroatoms. The van der Waals surface area contributed by atoms with E-state index in [9.17, 15) is 13.2 Å². The van der Waals surface area contributed by atoms with Crippen LogP contribution in [0.1, 0.15) is 30.4 Å². The van der Waals surface area contributed by atoms with Crippen LogP contribution in [-0.2, 0) is 20.6 Å². The van der Waals surface area contributed by atoms with Gasteiger partial charge in [0.05, 0.1) is 17.4 Å². The van der Waals surface area contributed by atoms with Crippen LogP contribution in [0, 0.1) is 11.3 Å². The minimum atomic E-state index is -3.76. The van der Waals surface area contributed by atoms with Crippen LogP contribution in [0.3, 0.4) is 0 Å². The summed E-state index contributed by atoms with van der Waals surface area (Å²) in [5.74, 6) is -1.48. The second-order valence-electron chi connectivity index (χ2n) is 4.91. The van der Waals surface area contributed by atoms with E-state index in [-0.39, 0.29) is 5.75 Å². The van der Waals surface area contributed by atoms with Crippen molar-refractivity contribution in [2.45, 2.75) is 30.6 Å². The van der Waals surface area contributed by atoms with Gasteiger partial charge in [-0.1, -0.05) is 12.1 Å². The molecule has 0 unspecified atom stereocenters. The molecular weight excluding hydrogens is 280 g/mol. The van der Waals surface area contributed by atoms with E-state index in [0.29, 0.717) is 30.4 Å². The third-order valence-electron chi connectivity index (χ3n) is 3.38. The highest BCUT2D eigenvalue weighted by molar-refractivity contribution is 7.88. The second kappa shape index (κ2) is 5.23. The predicted molar refractivity (Wildman–Crippen MR) is 71.1 cm³/mol. The molecule has 0 aliphatic heterocycles. The van der Waals surface area contributed by atoms with Gasteiger partial charge in [-0.15, -0.1) is 0 Å². The zero-order valence-electron chi connectivity index (χ0n) is 10.7. The molecule has 1 aromatic rings. The Bertz CT molecular complexity index is 672. The molecule has 1 aromatic carbocycles. The summed E-state index contributed by atoms with van der Waals surface area (Å²) < 4.78 is 26.4. The summed E-state index contributed by atoms with van der Waals surface area (Å²) >= 11 is 0. The van der Waals surface area contributed by atoms with Gasteiger partial charge >= 0.3 is 5.97 Å². The predicted octanol–water partition coefficient (Wildman–Crippen LogP) is 0.985. The number of carboxylic acid groups (broad SMARTS) is 1. The molecule has 0 amide bonds. The van der Waals surface area contributed by atoms with Crippen molar-refractivity contribution >= 4 is 16.0 Å². The summed E-state index contributed by atoms with van der Waals surface area (Å²) in [5, 5.41) is 17.9. The van der Waals surface area contributed by atoms with Gasteiger partial charge in [-0.25, -0.2) is 8.42 Å². The number of nitriles is 1. The first-order valence-electron chi connectivity index (χ1n) is 6.11. The van der Waals surface area contributed by atoms with Crippen LogP contribution in [0.15, 0.2) is 24.3 Å². The molecule has 1 aliphatic carbocycles. The van der Waals surface area contributed by atoms with E-state index < -0.39 is 21.5 Å². The highest BCUT2D eigenvalue weighted by Crippen LogP contribution is 2.33. The van der Waals surface area contributed by atoms with Crippen LogP contribution in [0.2, 0.25) is 0 Å². The van der Waals surface area contributed by atoms with E-state index in [0.717, 1.165) is 0 Å². The fourth-order valence-corrected chi connectivity index (χ4v) is 3.75. The van der Waals surface area contributed by atoms with E-state index >= 15 is 0 Å². The van der Waals surface area contributed by atoms with Gasteiger partial charge in [-0.2, -0.15) is 9.98 Å². The Morgan fingerprint density at radius 3 is 2.65 bits per heavy atom. The van der Waals surface area contributed by atoms with Gasteiger partial charge in [0.15, 0.2) is 0 Å². The monoisotopic (exact) mass is 294 g/mol. The van der Waals surface area contributed by atoms with E-state index in [1.54, 1.807) is 18.2 Å². The van der Waals surface area contributed by atoms with Crippen LogP contribution >= 0.6 is 0 Å². The SMILES string of the molecule is N#Cc1cccc(CS(=O)(=O)NC2(C(=O)O)CCC2)c1. The number of carbonyl (C=O) groups is 1. The molecule has 1 saturated carbocycles. The van der Waals surface area contributed by atoms with Crippen molar-refractivity contribution in [2.75, 3.05) is 0 Å². The van der Waals surface area contributed by atoms with E-state index in [4.69, 9.17) is 10.4 Å². The summed E-state index contributed by atoms with van der Waals surface area (Å²) in [6, 6.07) is 8.18. The molecule has 2 rings (SSSR count). The third kappa shape index (κ3) is 2.98. The number of nitrogens with zero attached hydrogens (tertiary/aromatic N) is 1. The number of nitrogens with one attached hydrogen (secondary N) is 1. The normalized spacial score (nSPS) is 16.9. The van der Waals surface area contributed by atoms with Crippen molar-refractivity contribution in [3.05, 3.63) is 35.4 Å². The second-order valence-corrected chi connectivity index (χ2v) is 6.64. The van der Waals surface area contributed by atoms with Crippen molar-refractivity contribution in [1.29, 1.82) is 5.26 Å². The fraction of sp³-hybridized carbons (Fsp3) is 0.385. The van der Waals surface area contributed by atoms with Gasteiger partial charge in [0.25, 0.3) is 0 Å². The van der Waals surface area contributed by atoms with Crippen molar-refractivity contribution in [1.82, 2.24) is 4.72 Å². The summed E-state index contributed by atoms with van der Waals surface area (Å²) in [6.07, 6.45) is 1.30. The van der Waals surface area contributed by atoms with Gasteiger partial charge in [0, 0.05) is 0 Å². The minimum Gasteiger partial charge on any atom is -0.480 e. The molecule has 20 heavy (non-hydrogen) atoms. The van der Waals surface area contributed by atoms with Gasteiger partial charge < -0.3 is 5.11 Å².